The molecule has 0 saturated heterocycles. The van der Waals surface area contributed by atoms with Gasteiger partial charge in [-0.3, -0.25) is 5.43 Å². The normalized spacial score (nSPS) is 23.9. The van der Waals surface area contributed by atoms with Crippen LogP contribution in [0.2, 0.25) is 0 Å². The van der Waals surface area contributed by atoms with Crippen LogP contribution in [0.1, 0.15) is 5.56 Å². The second-order valence-corrected chi connectivity index (χ2v) is 5.80. The minimum Gasteiger partial charge on any atom is -0.394 e. The Morgan fingerprint density at radius 3 is 2.38 bits per heavy atom. The molecule has 1 aromatic carbocycles. The molecule has 8 heteroatoms. The van der Waals surface area contributed by atoms with Gasteiger partial charge in [-0.25, -0.2) is 0 Å². The van der Waals surface area contributed by atoms with Crippen molar-refractivity contribution in [1.29, 1.82) is 0 Å². The van der Waals surface area contributed by atoms with Gasteiger partial charge in [-0.2, -0.15) is 5.10 Å². The highest BCUT2D eigenvalue weighted by molar-refractivity contribution is 8.15. The Hall–Kier alpha value is -1.16. The molecule has 0 saturated carbocycles. The maximum Gasteiger partial charge on any atom is 0.125 e. The highest BCUT2D eigenvalue weighted by atomic mass is 32.2. The fourth-order valence-electron chi connectivity index (χ4n) is 1.87. The summed E-state index contributed by atoms with van der Waals surface area (Å²) in [5.41, 5.74) is 3.55. The number of hydrogen-bond donors (Lipinski definition) is 6. The second-order valence-electron chi connectivity index (χ2n) is 4.67. The van der Waals surface area contributed by atoms with Gasteiger partial charge in [0.15, 0.2) is 0 Å². The zero-order valence-corrected chi connectivity index (χ0v) is 11.9. The summed E-state index contributed by atoms with van der Waals surface area (Å²) in [6.45, 7) is -0.706. The summed E-state index contributed by atoms with van der Waals surface area (Å²) < 4.78 is 0. The number of nitrogens with zero attached hydrogens (tertiary/aromatic N) is 1. The first-order chi connectivity index (χ1) is 10.0. The van der Waals surface area contributed by atoms with Crippen LogP contribution in [0.25, 0.3) is 0 Å². The first kappa shape index (κ1) is 16.2. The Balaban J connectivity index is 1.96. The molecule has 0 spiro atoms. The van der Waals surface area contributed by atoms with Gasteiger partial charge in [-0.1, -0.05) is 42.1 Å². The minimum atomic E-state index is -1.65. The van der Waals surface area contributed by atoms with Gasteiger partial charge in [0.05, 0.1) is 6.61 Å². The Morgan fingerprint density at radius 2 is 1.76 bits per heavy atom. The Labute approximate surface area is 125 Å². The summed E-state index contributed by atoms with van der Waals surface area (Å²) in [6, 6.07) is 9.32. The van der Waals surface area contributed by atoms with Crippen molar-refractivity contribution >= 4 is 16.8 Å². The van der Waals surface area contributed by atoms with Crippen molar-refractivity contribution in [3.8, 4) is 0 Å². The topological polar surface area (TPSA) is 126 Å². The van der Waals surface area contributed by atoms with Crippen molar-refractivity contribution in [3.05, 3.63) is 35.9 Å². The van der Waals surface area contributed by atoms with E-state index in [1.54, 1.807) is 0 Å². The largest absolute Gasteiger partial charge is 0.394 e. The van der Waals surface area contributed by atoms with Crippen LogP contribution in [0.5, 0.6) is 0 Å². The van der Waals surface area contributed by atoms with Crippen molar-refractivity contribution in [1.82, 2.24) is 5.43 Å². The molecule has 1 aliphatic heterocycles. The number of nitrogens with one attached hydrogen (secondary N) is 1. The van der Waals surface area contributed by atoms with E-state index < -0.39 is 36.4 Å². The standard InChI is InChI=1S/C13H18N2O5S/c16-6-8(17)9(18)10(19)11(20)13-15-14-12(21-13)7-4-2-1-3-5-7/h1-5,8-11,13,15-20H,6H2/t8-,9-,10+,11-,13?/m0/s1. The van der Waals surface area contributed by atoms with Gasteiger partial charge in [0, 0.05) is 5.56 Å². The lowest BCUT2D eigenvalue weighted by atomic mass is 10.0. The molecule has 116 valence electrons. The van der Waals surface area contributed by atoms with Gasteiger partial charge in [-0.15, -0.1) is 0 Å². The van der Waals surface area contributed by atoms with E-state index in [4.69, 9.17) is 5.11 Å². The summed E-state index contributed by atoms with van der Waals surface area (Å²) in [6.07, 6.45) is -6.14. The van der Waals surface area contributed by atoms with Crippen LogP contribution in [0.4, 0.5) is 0 Å². The summed E-state index contributed by atoms with van der Waals surface area (Å²) in [7, 11) is 0. The number of aliphatic hydroxyl groups is 5. The van der Waals surface area contributed by atoms with Crippen LogP contribution in [0.3, 0.4) is 0 Å². The van der Waals surface area contributed by atoms with Crippen LogP contribution in [-0.4, -0.2) is 67.0 Å². The molecule has 0 aromatic heterocycles. The average molecular weight is 314 g/mol. The van der Waals surface area contributed by atoms with Crippen LogP contribution >= 0.6 is 11.8 Å². The number of rotatable bonds is 6. The quantitative estimate of drug-likeness (QED) is 0.375. The van der Waals surface area contributed by atoms with Gasteiger partial charge in [0.25, 0.3) is 0 Å². The third kappa shape index (κ3) is 3.73. The third-order valence-electron chi connectivity index (χ3n) is 3.14. The van der Waals surface area contributed by atoms with Crippen LogP contribution < -0.4 is 5.43 Å². The van der Waals surface area contributed by atoms with E-state index in [2.05, 4.69) is 10.5 Å². The van der Waals surface area contributed by atoms with E-state index in [0.29, 0.717) is 5.04 Å². The van der Waals surface area contributed by atoms with E-state index in [1.807, 2.05) is 30.3 Å². The van der Waals surface area contributed by atoms with E-state index >= 15 is 0 Å². The fraction of sp³-hybridized carbons (Fsp3) is 0.462. The highest BCUT2D eigenvalue weighted by Crippen LogP contribution is 2.26. The van der Waals surface area contributed by atoms with Crippen molar-refractivity contribution in [3.63, 3.8) is 0 Å². The van der Waals surface area contributed by atoms with E-state index in [9.17, 15) is 20.4 Å². The zero-order valence-electron chi connectivity index (χ0n) is 11.1. The Morgan fingerprint density at radius 1 is 1.10 bits per heavy atom. The summed E-state index contributed by atoms with van der Waals surface area (Å²) in [4.78, 5) is 0. The maximum atomic E-state index is 10.0. The Kier molecular flexibility index (Phi) is 5.57. The lowest BCUT2D eigenvalue weighted by Crippen LogP contribution is -2.51. The van der Waals surface area contributed by atoms with E-state index in [0.717, 1.165) is 5.56 Å². The summed E-state index contributed by atoms with van der Waals surface area (Å²) in [5, 5.41) is 51.6. The molecule has 0 fully saturated rings. The summed E-state index contributed by atoms with van der Waals surface area (Å²) >= 11 is 1.21. The number of thioether (sulfide) groups is 1. The lowest BCUT2D eigenvalue weighted by Gasteiger charge is -2.28. The third-order valence-corrected chi connectivity index (χ3v) is 4.33. The molecule has 0 bridgehead atoms. The van der Waals surface area contributed by atoms with E-state index in [1.165, 1.54) is 11.8 Å². The van der Waals surface area contributed by atoms with Crippen molar-refractivity contribution in [2.75, 3.05) is 6.61 Å². The number of benzene rings is 1. The Bertz CT molecular complexity index is 487. The molecule has 21 heavy (non-hydrogen) atoms. The number of hydrogen-bond acceptors (Lipinski definition) is 8. The van der Waals surface area contributed by atoms with E-state index in [-0.39, 0.29) is 0 Å². The molecular formula is C13H18N2O5S. The molecule has 1 aliphatic rings. The van der Waals surface area contributed by atoms with Gasteiger partial charge < -0.3 is 25.5 Å². The molecule has 1 heterocycles. The molecule has 0 radical (unpaired) electrons. The fourth-order valence-corrected chi connectivity index (χ4v) is 2.90. The molecule has 6 N–H and O–H groups in total. The monoisotopic (exact) mass is 314 g/mol. The van der Waals surface area contributed by atoms with Gasteiger partial charge in [0.2, 0.25) is 0 Å². The molecule has 2 rings (SSSR count). The first-order valence-corrected chi connectivity index (χ1v) is 7.31. The predicted octanol–water partition coefficient (Wildman–Crippen LogP) is -1.55. The molecule has 5 atom stereocenters. The summed E-state index contributed by atoms with van der Waals surface area (Å²) in [5.74, 6) is 0. The molecule has 1 aromatic rings. The van der Waals surface area contributed by atoms with Crippen molar-refractivity contribution in [2.24, 2.45) is 5.10 Å². The molecule has 0 amide bonds. The zero-order chi connectivity index (χ0) is 15.4. The molecule has 1 unspecified atom stereocenters. The maximum absolute atomic E-state index is 10.0. The lowest BCUT2D eigenvalue weighted by molar-refractivity contribution is -0.116. The average Bonchev–Trinajstić information content (AvgIpc) is 3.02. The molecule has 0 aliphatic carbocycles. The number of hydrazone groups is 1. The van der Waals surface area contributed by atoms with Crippen LogP contribution in [0.15, 0.2) is 35.4 Å². The minimum absolute atomic E-state index is 0.657. The first-order valence-electron chi connectivity index (χ1n) is 6.43. The second kappa shape index (κ2) is 7.21. The van der Waals surface area contributed by atoms with Crippen LogP contribution in [0, 0.1) is 0 Å². The highest BCUT2D eigenvalue weighted by Gasteiger charge is 2.37. The van der Waals surface area contributed by atoms with Crippen molar-refractivity contribution in [2.45, 2.75) is 29.8 Å². The van der Waals surface area contributed by atoms with Gasteiger partial charge in [0.1, 0.15) is 34.8 Å². The predicted molar refractivity (Wildman–Crippen MR) is 78.6 cm³/mol. The SMILES string of the molecule is OC[C@H](O)[C@H](O)[C@@H](O)[C@H](O)C1NN=C(c2ccccc2)S1. The van der Waals surface area contributed by atoms with Gasteiger partial charge in [-0.05, 0) is 0 Å². The number of aliphatic hydroxyl groups excluding tert-OH is 5. The van der Waals surface area contributed by atoms with Crippen LogP contribution in [-0.2, 0) is 0 Å². The smallest absolute Gasteiger partial charge is 0.125 e. The molecule has 7 nitrogen and oxygen atoms in total. The van der Waals surface area contributed by atoms with Crippen molar-refractivity contribution < 1.29 is 25.5 Å². The van der Waals surface area contributed by atoms with Gasteiger partial charge >= 0.3 is 0 Å². The molecular weight excluding hydrogens is 296 g/mol.